The number of carbonyl (C=O) groups is 2. The first-order valence-corrected chi connectivity index (χ1v) is 7.35. The summed E-state index contributed by atoms with van der Waals surface area (Å²) in [6, 6.07) is -0.523. The minimum Gasteiger partial charge on any atom is -0.390 e. The van der Waals surface area contributed by atoms with Gasteiger partial charge in [-0.3, -0.25) is 9.59 Å². The van der Waals surface area contributed by atoms with Crippen LogP contribution in [0.15, 0.2) is 0 Å². The van der Waals surface area contributed by atoms with Gasteiger partial charge in [0.1, 0.15) is 6.04 Å². The summed E-state index contributed by atoms with van der Waals surface area (Å²) < 4.78 is 0. The standard InChI is InChI=1S/C15H28N2O3/c1-11(16-13(19)14(2,3)4)12(18)17-9-6-7-15(5,20)8-10-17/h11,20H,6-10H2,1-5H3,(H,16,19). The van der Waals surface area contributed by atoms with Gasteiger partial charge in [-0.15, -0.1) is 0 Å². The van der Waals surface area contributed by atoms with E-state index in [-0.39, 0.29) is 11.8 Å². The first-order chi connectivity index (χ1) is 9.03. The third-order valence-electron chi connectivity index (χ3n) is 3.77. The molecule has 0 radical (unpaired) electrons. The molecule has 2 atom stereocenters. The second kappa shape index (κ2) is 6.12. The fourth-order valence-electron chi connectivity index (χ4n) is 2.23. The molecule has 1 rings (SSSR count). The van der Waals surface area contributed by atoms with Crippen LogP contribution < -0.4 is 5.32 Å². The van der Waals surface area contributed by atoms with Crippen LogP contribution in [-0.4, -0.2) is 46.6 Å². The van der Waals surface area contributed by atoms with Crippen LogP contribution in [-0.2, 0) is 9.59 Å². The first-order valence-electron chi connectivity index (χ1n) is 7.35. The Hall–Kier alpha value is -1.10. The van der Waals surface area contributed by atoms with Gasteiger partial charge in [0.05, 0.1) is 5.60 Å². The van der Waals surface area contributed by atoms with Gasteiger partial charge in [-0.1, -0.05) is 20.8 Å². The lowest BCUT2D eigenvalue weighted by atomic mass is 9.95. The van der Waals surface area contributed by atoms with E-state index in [9.17, 15) is 14.7 Å². The Bertz CT molecular complexity index is 372. The van der Waals surface area contributed by atoms with Gasteiger partial charge in [0.25, 0.3) is 0 Å². The molecule has 1 fully saturated rings. The number of hydrogen-bond acceptors (Lipinski definition) is 3. The molecule has 5 heteroatoms. The van der Waals surface area contributed by atoms with E-state index in [1.165, 1.54) is 0 Å². The molecule has 20 heavy (non-hydrogen) atoms. The van der Waals surface area contributed by atoms with Crippen LogP contribution in [0.2, 0.25) is 0 Å². The van der Waals surface area contributed by atoms with Crippen molar-refractivity contribution in [2.24, 2.45) is 5.41 Å². The number of nitrogens with zero attached hydrogens (tertiary/aromatic N) is 1. The van der Waals surface area contributed by atoms with Crippen molar-refractivity contribution in [1.29, 1.82) is 0 Å². The molecule has 0 spiro atoms. The lowest BCUT2D eigenvalue weighted by Gasteiger charge is -2.27. The molecule has 1 aliphatic rings. The molecule has 1 aliphatic heterocycles. The van der Waals surface area contributed by atoms with Crippen LogP contribution in [0.25, 0.3) is 0 Å². The van der Waals surface area contributed by atoms with Gasteiger partial charge in [-0.2, -0.15) is 0 Å². The molecule has 0 bridgehead atoms. The Morgan fingerprint density at radius 1 is 1.25 bits per heavy atom. The Labute approximate surface area is 121 Å². The smallest absolute Gasteiger partial charge is 0.244 e. The summed E-state index contributed by atoms with van der Waals surface area (Å²) in [5, 5.41) is 12.8. The van der Waals surface area contributed by atoms with E-state index in [0.29, 0.717) is 25.9 Å². The number of hydrogen-bond donors (Lipinski definition) is 2. The molecule has 2 N–H and O–H groups in total. The van der Waals surface area contributed by atoms with Crippen LogP contribution in [0.1, 0.15) is 53.9 Å². The van der Waals surface area contributed by atoms with Crippen molar-refractivity contribution in [3.63, 3.8) is 0 Å². The van der Waals surface area contributed by atoms with E-state index in [2.05, 4.69) is 5.32 Å². The predicted molar refractivity (Wildman–Crippen MR) is 78.1 cm³/mol. The zero-order chi connectivity index (χ0) is 15.6. The average Bonchev–Trinajstić information content (AvgIpc) is 2.48. The quantitative estimate of drug-likeness (QED) is 0.803. The molecule has 1 saturated heterocycles. The van der Waals surface area contributed by atoms with Gasteiger partial charge in [-0.25, -0.2) is 0 Å². The topological polar surface area (TPSA) is 69.6 Å². The van der Waals surface area contributed by atoms with Crippen LogP contribution in [0, 0.1) is 5.41 Å². The van der Waals surface area contributed by atoms with Gasteiger partial charge in [0.2, 0.25) is 11.8 Å². The van der Waals surface area contributed by atoms with Crippen LogP contribution in [0.3, 0.4) is 0 Å². The Morgan fingerprint density at radius 3 is 2.40 bits per heavy atom. The molecule has 5 nitrogen and oxygen atoms in total. The average molecular weight is 284 g/mol. The van der Waals surface area contributed by atoms with Crippen molar-refractivity contribution in [2.75, 3.05) is 13.1 Å². The van der Waals surface area contributed by atoms with Crippen molar-refractivity contribution in [3.05, 3.63) is 0 Å². The summed E-state index contributed by atoms with van der Waals surface area (Å²) in [6.45, 7) is 10.2. The number of rotatable bonds is 2. The zero-order valence-corrected chi connectivity index (χ0v) is 13.3. The Kier molecular flexibility index (Phi) is 5.19. The van der Waals surface area contributed by atoms with Gasteiger partial charge < -0.3 is 15.3 Å². The van der Waals surface area contributed by atoms with Crippen LogP contribution >= 0.6 is 0 Å². The lowest BCUT2D eigenvalue weighted by molar-refractivity contribution is -0.138. The molecule has 2 amide bonds. The van der Waals surface area contributed by atoms with E-state index in [1.807, 2.05) is 27.7 Å². The first kappa shape index (κ1) is 17.0. The monoisotopic (exact) mass is 284 g/mol. The lowest BCUT2D eigenvalue weighted by Crippen LogP contribution is -2.50. The second-order valence-electron chi connectivity index (χ2n) is 7.12. The maximum absolute atomic E-state index is 12.4. The largest absolute Gasteiger partial charge is 0.390 e. The van der Waals surface area contributed by atoms with E-state index >= 15 is 0 Å². The van der Waals surface area contributed by atoms with Crippen LogP contribution in [0.4, 0.5) is 0 Å². The Balaban J connectivity index is 2.59. The molecule has 0 aromatic rings. The second-order valence-corrected chi connectivity index (χ2v) is 7.12. The molecule has 116 valence electrons. The van der Waals surface area contributed by atoms with Crippen molar-refractivity contribution in [3.8, 4) is 0 Å². The van der Waals surface area contributed by atoms with Gasteiger partial charge >= 0.3 is 0 Å². The molecular weight excluding hydrogens is 256 g/mol. The van der Waals surface area contributed by atoms with E-state index in [1.54, 1.807) is 11.8 Å². The third kappa shape index (κ3) is 4.78. The minimum absolute atomic E-state index is 0.0692. The van der Waals surface area contributed by atoms with Gasteiger partial charge in [0.15, 0.2) is 0 Å². The molecule has 0 saturated carbocycles. The van der Waals surface area contributed by atoms with E-state index in [0.717, 1.165) is 6.42 Å². The normalized spacial score (nSPS) is 25.8. The minimum atomic E-state index is -0.688. The van der Waals surface area contributed by atoms with E-state index in [4.69, 9.17) is 0 Å². The molecule has 0 aromatic heterocycles. The maximum Gasteiger partial charge on any atom is 0.244 e. The summed E-state index contributed by atoms with van der Waals surface area (Å²) in [5.74, 6) is -0.194. The Morgan fingerprint density at radius 2 is 1.85 bits per heavy atom. The molecule has 0 aliphatic carbocycles. The van der Waals surface area contributed by atoms with Gasteiger partial charge in [0, 0.05) is 18.5 Å². The fourth-order valence-corrected chi connectivity index (χ4v) is 2.23. The molecule has 1 heterocycles. The number of amides is 2. The summed E-state index contributed by atoms with van der Waals surface area (Å²) in [6.07, 6.45) is 2.08. The number of nitrogens with one attached hydrogen (secondary N) is 1. The predicted octanol–water partition coefficient (Wildman–Crippen LogP) is 1.30. The summed E-state index contributed by atoms with van der Waals surface area (Å²) in [4.78, 5) is 26.0. The summed E-state index contributed by atoms with van der Waals surface area (Å²) in [5.41, 5.74) is -1.19. The molecule has 0 aromatic carbocycles. The fraction of sp³-hybridized carbons (Fsp3) is 0.867. The van der Waals surface area contributed by atoms with Crippen molar-refractivity contribution < 1.29 is 14.7 Å². The number of aliphatic hydroxyl groups is 1. The van der Waals surface area contributed by atoms with Crippen molar-refractivity contribution in [2.45, 2.75) is 65.5 Å². The SMILES string of the molecule is CC(NC(=O)C(C)(C)C)C(=O)N1CCCC(C)(O)CC1. The highest BCUT2D eigenvalue weighted by Gasteiger charge is 2.31. The summed E-state index contributed by atoms with van der Waals surface area (Å²) in [7, 11) is 0. The summed E-state index contributed by atoms with van der Waals surface area (Å²) >= 11 is 0. The maximum atomic E-state index is 12.4. The third-order valence-corrected chi connectivity index (χ3v) is 3.77. The number of likely N-dealkylation sites (tertiary alicyclic amines) is 1. The van der Waals surface area contributed by atoms with Gasteiger partial charge in [-0.05, 0) is 33.1 Å². The highest BCUT2D eigenvalue weighted by Crippen LogP contribution is 2.22. The van der Waals surface area contributed by atoms with Crippen molar-refractivity contribution >= 4 is 11.8 Å². The zero-order valence-electron chi connectivity index (χ0n) is 13.3. The van der Waals surface area contributed by atoms with E-state index < -0.39 is 17.1 Å². The molecule has 2 unspecified atom stereocenters. The van der Waals surface area contributed by atoms with Crippen LogP contribution in [0.5, 0.6) is 0 Å². The number of carbonyl (C=O) groups excluding carboxylic acids is 2. The highest BCUT2D eigenvalue weighted by molar-refractivity contribution is 5.89. The van der Waals surface area contributed by atoms with Crippen molar-refractivity contribution in [1.82, 2.24) is 10.2 Å². The highest BCUT2D eigenvalue weighted by atomic mass is 16.3. The molecular formula is C15H28N2O3.